The van der Waals surface area contributed by atoms with Gasteiger partial charge < -0.3 is 5.73 Å². The van der Waals surface area contributed by atoms with Gasteiger partial charge in [0.15, 0.2) is 0 Å². The van der Waals surface area contributed by atoms with Crippen molar-refractivity contribution in [3.8, 4) is 11.1 Å². The first-order valence-electron chi connectivity index (χ1n) is 4.70. The van der Waals surface area contributed by atoms with Crippen molar-refractivity contribution in [3.63, 3.8) is 0 Å². The molecule has 0 aliphatic rings. The van der Waals surface area contributed by atoms with E-state index in [0.717, 1.165) is 21.2 Å². The van der Waals surface area contributed by atoms with E-state index in [1.807, 2.05) is 18.2 Å². The van der Waals surface area contributed by atoms with Crippen molar-refractivity contribution in [3.05, 3.63) is 39.7 Å². The summed E-state index contributed by atoms with van der Waals surface area (Å²) in [5.41, 5.74) is 9.39. The Morgan fingerprint density at radius 2 is 1.87 bits per heavy atom. The molecular weight excluding hydrogens is 226 g/mol. The molecule has 78 valence electrons. The maximum atomic E-state index is 5.99. The number of anilines is 1. The van der Waals surface area contributed by atoms with Gasteiger partial charge >= 0.3 is 0 Å². The quantitative estimate of drug-likeness (QED) is 0.788. The lowest BCUT2D eigenvalue weighted by atomic mass is 10.0. The first-order valence-corrected chi connectivity index (χ1v) is 5.90. The number of halogens is 1. The molecule has 1 nitrogen and oxygen atoms in total. The Balaban J connectivity index is 2.62. The van der Waals surface area contributed by atoms with E-state index in [0.29, 0.717) is 0 Å². The largest absolute Gasteiger partial charge is 0.390 e. The van der Waals surface area contributed by atoms with Crippen molar-refractivity contribution < 1.29 is 0 Å². The molecule has 0 unspecified atom stereocenters. The lowest BCUT2D eigenvalue weighted by molar-refractivity contribution is 1.46. The summed E-state index contributed by atoms with van der Waals surface area (Å²) in [5, 5.41) is 1.61. The van der Waals surface area contributed by atoms with Gasteiger partial charge in [0.25, 0.3) is 0 Å². The van der Waals surface area contributed by atoms with Crippen LogP contribution in [-0.4, -0.2) is 0 Å². The SMILES string of the molecule is Cc1cc(-c2cc(Cl)ccc2C)c(N)s1. The molecule has 0 fully saturated rings. The highest BCUT2D eigenvalue weighted by Crippen LogP contribution is 2.36. The topological polar surface area (TPSA) is 26.0 Å². The number of thiophene rings is 1. The average Bonchev–Trinajstić information content (AvgIpc) is 2.50. The minimum atomic E-state index is 0.749. The van der Waals surface area contributed by atoms with Gasteiger partial charge in [-0.1, -0.05) is 17.7 Å². The van der Waals surface area contributed by atoms with E-state index in [1.165, 1.54) is 10.4 Å². The molecule has 0 saturated carbocycles. The Morgan fingerprint density at radius 3 is 2.47 bits per heavy atom. The molecule has 0 spiro atoms. The van der Waals surface area contributed by atoms with E-state index in [2.05, 4.69) is 19.9 Å². The van der Waals surface area contributed by atoms with Crippen LogP contribution < -0.4 is 5.73 Å². The minimum Gasteiger partial charge on any atom is -0.390 e. The highest BCUT2D eigenvalue weighted by atomic mass is 35.5. The van der Waals surface area contributed by atoms with Crippen LogP contribution in [0.2, 0.25) is 5.02 Å². The third-order valence-electron chi connectivity index (χ3n) is 2.37. The fourth-order valence-electron chi connectivity index (χ4n) is 1.63. The van der Waals surface area contributed by atoms with Gasteiger partial charge in [0.1, 0.15) is 0 Å². The Labute approximate surface area is 98.5 Å². The molecule has 0 bridgehead atoms. The standard InChI is InChI=1S/C12H12ClNS/c1-7-3-4-9(13)6-10(7)11-5-8(2)15-12(11)14/h3-6H,14H2,1-2H3. The van der Waals surface area contributed by atoms with Gasteiger partial charge in [-0.15, -0.1) is 11.3 Å². The van der Waals surface area contributed by atoms with Crippen LogP contribution >= 0.6 is 22.9 Å². The van der Waals surface area contributed by atoms with Crippen molar-refractivity contribution in [2.24, 2.45) is 0 Å². The predicted octanol–water partition coefficient (Wildman–Crippen LogP) is 4.27. The second-order valence-electron chi connectivity index (χ2n) is 3.59. The highest BCUT2D eigenvalue weighted by Gasteiger charge is 2.09. The fourth-order valence-corrected chi connectivity index (χ4v) is 2.60. The molecular formula is C12H12ClNS. The van der Waals surface area contributed by atoms with Crippen molar-refractivity contribution in [2.45, 2.75) is 13.8 Å². The van der Waals surface area contributed by atoms with Crippen LogP contribution in [0.3, 0.4) is 0 Å². The molecule has 1 aromatic heterocycles. The van der Waals surface area contributed by atoms with Crippen LogP contribution in [0.15, 0.2) is 24.3 Å². The highest BCUT2D eigenvalue weighted by molar-refractivity contribution is 7.16. The van der Waals surface area contributed by atoms with Gasteiger partial charge in [0, 0.05) is 15.5 Å². The maximum absolute atomic E-state index is 5.99. The van der Waals surface area contributed by atoms with E-state index in [4.69, 9.17) is 17.3 Å². The zero-order chi connectivity index (χ0) is 11.0. The van der Waals surface area contributed by atoms with Crippen molar-refractivity contribution >= 4 is 27.9 Å². The predicted molar refractivity (Wildman–Crippen MR) is 68.7 cm³/mol. The Bertz CT molecular complexity index is 502. The van der Waals surface area contributed by atoms with Crippen LogP contribution in [0.25, 0.3) is 11.1 Å². The van der Waals surface area contributed by atoms with Gasteiger partial charge in [-0.25, -0.2) is 0 Å². The van der Waals surface area contributed by atoms with Crippen LogP contribution in [0, 0.1) is 13.8 Å². The lowest BCUT2D eigenvalue weighted by Crippen LogP contribution is -1.86. The number of aryl methyl sites for hydroxylation is 2. The van der Waals surface area contributed by atoms with Crippen molar-refractivity contribution in [2.75, 3.05) is 5.73 Å². The molecule has 1 aromatic carbocycles. The molecule has 2 N–H and O–H groups in total. The summed E-state index contributed by atoms with van der Waals surface area (Å²) in [5.74, 6) is 0. The summed E-state index contributed by atoms with van der Waals surface area (Å²) >= 11 is 7.60. The zero-order valence-electron chi connectivity index (χ0n) is 8.67. The van der Waals surface area contributed by atoms with E-state index in [-0.39, 0.29) is 0 Å². The number of nitrogen functional groups attached to an aromatic ring is 1. The third kappa shape index (κ3) is 2.01. The molecule has 3 heteroatoms. The van der Waals surface area contributed by atoms with Gasteiger partial charge in [-0.05, 0) is 43.2 Å². The van der Waals surface area contributed by atoms with Crippen molar-refractivity contribution in [1.29, 1.82) is 0 Å². The normalized spacial score (nSPS) is 10.6. The summed E-state index contributed by atoms with van der Waals surface area (Å²) in [6.45, 7) is 4.13. The van der Waals surface area contributed by atoms with Gasteiger partial charge in [0.2, 0.25) is 0 Å². The Morgan fingerprint density at radius 1 is 1.13 bits per heavy atom. The summed E-state index contributed by atoms with van der Waals surface area (Å²) in [6.07, 6.45) is 0. The van der Waals surface area contributed by atoms with Crippen LogP contribution in [0.5, 0.6) is 0 Å². The number of rotatable bonds is 1. The summed E-state index contributed by atoms with van der Waals surface area (Å²) < 4.78 is 0. The second kappa shape index (κ2) is 3.87. The average molecular weight is 238 g/mol. The Hall–Kier alpha value is -0.990. The van der Waals surface area contributed by atoms with Crippen LogP contribution in [0.1, 0.15) is 10.4 Å². The maximum Gasteiger partial charge on any atom is 0.0938 e. The monoisotopic (exact) mass is 237 g/mol. The molecule has 0 saturated heterocycles. The first kappa shape index (κ1) is 10.5. The molecule has 0 radical (unpaired) electrons. The van der Waals surface area contributed by atoms with Gasteiger partial charge in [0.05, 0.1) is 5.00 Å². The summed E-state index contributed by atoms with van der Waals surface area (Å²) in [4.78, 5) is 1.22. The Kier molecular flexibility index (Phi) is 2.72. The minimum absolute atomic E-state index is 0.749. The molecule has 0 atom stereocenters. The van der Waals surface area contributed by atoms with E-state index >= 15 is 0 Å². The van der Waals surface area contributed by atoms with E-state index in [1.54, 1.807) is 11.3 Å². The zero-order valence-corrected chi connectivity index (χ0v) is 10.2. The number of nitrogens with two attached hydrogens (primary N) is 1. The second-order valence-corrected chi connectivity index (χ2v) is 5.32. The number of hydrogen-bond donors (Lipinski definition) is 1. The van der Waals surface area contributed by atoms with Crippen LogP contribution in [0.4, 0.5) is 5.00 Å². The summed E-state index contributed by atoms with van der Waals surface area (Å²) in [7, 11) is 0. The van der Waals surface area contributed by atoms with Gasteiger partial charge in [-0.2, -0.15) is 0 Å². The van der Waals surface area contributed by atoms with E-state index in [9.17, 15) is 0 Å². The van der Waals surface area contributed by atoms with E-state index < -0.39 is 0 Å². The molecule has 0 aliphatic carbocycles. The van der Waals surface area contributed by atoms with Crippen molar-refractivity contribution in [1.82, 2.24) is 0 Å². The lowest BCUT2D eigenvalue weighted by Gasteiger charge is -2.05. The molecule has 1 heterocycles. The van der Waals surface area contributed by atoms with Gasteiger partial charge in [-0.3, -0.25) is 0 Å². The summed E-state index contributed by atoms with van der Waals surface area (Å²) in [6, 6.07) is 7.99. The third-order valence-corrected chi connectivity index (χ3v) is 3.49. The number of hydrogen-bond acceptors (Lipinski definition) is 2. The molecule has 0 amide bonds. The smallest absolute Gasteiger partial charge is 0.0938 e. The molecule has 2 aromatic rings. The first-order chi connectivity index (χ1) is 7.08. The molecule has 15 heavy (non-hydrogen) atoms. The molecule has 2 rings (SSSR count). The number of benzene rings is 1. The molecule has 0 aliphatic heterocycles. The van der Waals surface area contributed by atoms with Crippen LogP contribution in [-0.2, 0) is 0 Å². The fraction of sp³-hybridized carbons (Fsp3) is 0.167.